The fourth-order valence-electron chi connectivity index (χ4n) is 6.19. The Labute approximate surface area is 227 Å². The van der Waals surface area contributed by atoms with Crippen LogP contribution in [0.4, 0.5) is 0 Å². The van der Waals surface area contributed by atoms with Gasteiger partial charge in [-0.05, 0) is 42.0 Å². The molecule has 1 N–H and O–H groups in total. The van der Waals surface area contributed by atoms with Gasteiger partial charge in [0.2, 0.25) is 0 Å². The summed E-state index contributed by atoms with van der Waals surface area (Å²) in [7, 11) is 0. The molecule has 196 valence electrons. The van der Waals surface area contributed by atoms with E-state index in [1.54, 1.807) is 12.1 Å². The van der Waals surface area contributed by atoms with E-state index in [-0.39, 0.29) is 29.9 Å². The lowest BCUT2D eigenvalue weighted by Crippen LogP contribution is -2.25. The van der Waals surface area contributed by atoms with Crippen molar-refractivity contribution < 1.29 is 24.2 Å². The predicted molar refractivity (Wildman–Crippen MR) is 146 cm³/mol. The number of carbonyl (C=O) groups excluding carboxylic acids is 2. The summed E-state index contributed by atoms with van der Waals surface area (Å²) in [5, 5.41) is 10.8. The second-order valence-corrected chi connectivity index (χ2v) is 11.7. The number of benzene rings is 2. The molecule has 0 spiro atoms. The van der Waals surface area contributed by atoms with E-state index >= 15 is 0 Å². The molecule has 1 heterocycles. The molecular formula is C31H35BrO5. The molecule has 3 aliphatic rings. The molecular weight excluding hydrogens is 532 g/mol. The van der Waals surface area contributed by atoms with Crippen LogP contribution in [0.15, 0.2) is 65.2 Å². The van der Waals surface area contributed by atoms with E-state index in [4.69, 9.17) is 9.47 Å². The number of carbonyl (C=O) groups is 2. The van der Waals surface area contributed by atoms with Crippen LogP contribution in [-0.2, 0) is 14.3 Å². The third-order valence-electron chi connectivity index (χ3n) is 8.28. The lowest BCUT2D eigenvalue weighted by atomic mass is 9.85. The molecule has 2 aromatic carbocycles. The topological polar surface area (TPSA) is 72.8 Å². The number of hydrogen-bond donors (Lipinski definition) is 1. The Morgan fingerprint density at radius 3 is 2.49 bits per heavy atom. The third kappa shape index (κ3) is 6.35. The van der Waals surface area contributed by atoms with Gasteiger partial charge in [0.05, 0.1) is 18.1 Å². The van der Waals surface area contributed by atoms with Gasteiger partial charge in [-0.1, -0.05) is 96.6 Å². The van der Waals surface area contributed by atoms with E-state index in [0.717, 1.165) is 17.5 Å². The summed E-state index contributed by atoms with van der Waals surface area (Å²) in [5.41, 5.74) is 2.61. The summed E-state index contributed by atoms with van der Waals surface area (Å²) >= 11 is 3.60. The van der Waals surface area contributed by atoms with E-state index in [1.165, 1.54) is 32.1 Å². The molecule has 0 radical (unpaired) electrons. The number of esters is 2. The standard InChI is InChI=1S/C31H35BrO5/c32-26(27(33)16-11-20-7-3-1-4-8-20)17-24-25-18-30(34)36-28(25)19-29(24)37-31(35)23-14-12-22(13-15-23)21-9-5-2-6-10-21/h2,5-6,9-10,12-15,17,20,24-25,27-29,33H,1,3-4,7-8,11,16,18-19H2/b26-17+/t24-,25+,27-,28-,29+/m0/s1. The number of fused-ring (bicyclic) bond motifs is 1. The molecule has 1 aliphatic heterocycles. The normalized spacial score (nSPS) is 27.0. The van der Waals surface area contributed by atoms with Crippen molar-refractivity contribution in [1.82, 2.24) is 0 Å². The van der Waals surface area contributed by atoms with Gasteiger partial charge in [0.1, 0.15) is 12.2 Å². The van der Waals surface area contributed by atoms with Gasteiger partial charge in [0, 0.05) is 22.7 Å². The van der Waals surface area contributed by atoms with Crippen molar-refractivity contribution in [3.8, 4) is 11.1 Å². The van der Waals surface area contributed by atoms with Gasteiger partial charge in [-0.3, -0.25) is 4.79 Å². The first-order valence-electron chi connectivity index (χ1n) is 13.6. The third-order valence-corrected chi connectivity index (χ3v) is 9.07. The van der Waals surface area contributed by atoms with Gasteiger partial charge in [0.25, 0.3) is 0 Å². The highest BCUT2D eigenvalue weighted by Gasteiger charge is 2.51. The van der Waals surface area contributed by atoms with Crippen molar-refractivity contribution in [2.75, 3.05) is 0 Å². The predicted octanol–water partition coefficient (Wildman–Crippen LogP) is 6.83. The summed E-state index contributed by atoms with van der Waals surface area (Å²) < 4.78 is 12.2. The minimum atomic E-state index is -0.596. The van der Waals surface area contributed by atoms with Crippen molar-refractivity contribution in [2.24, 2.45) is 17.8 Å². The summed E-state index contributed by atoms with van der Waals surface area (Å²) in [6.07, 6.45) is 9.62. The molecule has 5 atom stereocenters. The minimum absolute atomic E-state index is 0.0520. The number of hydrogen-bond acceptors (Lipinski definition) is 5. The Kier molecular flexibility index (Phi) is 8.46. The first-order chi connectivity index (χ1) is 18.0. The van der Waals surface area contributed by atoms with Crippen molar-refractivity contribution in [1.29, 1.82) is 0 Å². The zero-order chi connectivity index (χ0) is 25.8. The second-order valence-electron chi connectivity index (χ2n) is 10.7. The van der Waals surface area contributed by atoms with Crippen LogP contribution in [-0.4, -0.2) is 35.4 Å². The molecule has 1 saturated heterocycles. The van der Waals surface area contributed by atoms with Crippen LogP contribution in [0.1, 0.15) is 68.1 Å². The van der Waals surface area contributed by atoms with Crippen LogP contribution < -0.4 is 0 Å². The number of rotatable bonds is 8. The van der Waals surface area contributed by atoms with Crippen LogP contribution >= 0.6 is 15.9 Å². The molecule has 2 saturated carbocycles. The summed E-state index contributed by atoms with van der Waals surface area (Å²) in [6.45, 7) is 0. The summed E-state index contributed by atoms with van der Waals surface area (Å²) in [5.74, 6) is -0.138. The molecule has 37 heavy (non-hydrogen) atoms. The maximum Gasteiger partial charge on any atom is 0.338 e. The van der Waals surface area contributed by atoms with Gasteiger partial charge in [-0.15, -0.1) is 0 Å². The highest BCUT2D eigenvalue weighted by atomic mass is 79.9. The van der Waals surface area contributed by atoms with Crippen molar-refractivity contribution in [2.45, 2.75) is 76.1 Å². The number of halogens is 1. The zero-order valence-electron chi connectivity index (χ0n) is 21.1. The van der Waals surface area contributed by atoms with E-state index in [0.29, 0.717) is 35.2 Å². The average molecular weight is 568 g/mol. The first kappa shape index (κ1) is 26.2. The first-order valence-corrected chi connectivity index (χ1v) is 14.4. The molecule has 5 rings (SSSR count). The fourth-order valence-corrected chi connectivity index (χ4v) is 6.73. The quantitative estimate of drug-likeness (QED) is 0.354. The monoisotopic (exact) mass is 566 g/mol. The molecule has 6 heteroatoms. The van der Waals surface area contributed by atoms with E-state index in [2.05, 4.69) is 15.9 Å². The molecule has 0 bridgehead atoms. The summed E-state index contributed by atoms with van der Waals surface area (Å²) in [6, 6.07) is 17.4. The number of aliphatic hydroxyl groups is 1. The van der Waals surface area contributed by atoms with Crippen LogP contribution in [0.5, 0.6) is 0 Å². The van der Waals surface area contributed by atoms with Gasteiger partial charge in [-0.2, -0.15) is 0 Å². The molecule has 0 unspecified atom stereocenters. The van der Waals surface area contributed by atoms with Crippen LogP contribution in [0, 0.1) is 17.8 Å². The van der Waals surface area contributed by atoms with E-state index in [1.807, 2.05) is 48.5 Å². The number of ether oxygens (including phenoxy) is 2. The molecule has 2 aliphatic carbocycles. The molecule has 0 aromatic heterocycles. The Morgan fingerprint density at radius 2 is 1.76 bits per heavy atom. The Hall–Kier alpha value is -2.44. The lowest BCUT2D eigenvalue weighted by molar-refractivity contribution is -0.141. The molecule has 3 fully saturated rings. The Morgan fingerprint density at radius 1 is 1.05 bits per heavy atom. The number of aliphatic hydroxyl groups excluding tert-OH is 1. The highest BCUT2D eigenvalue weighted by molar-refractivity contribution is 9.11. The van der Waals surface area contributed by atoms with Crippen LogP contribution in [0.3, 0.4) is 0 Å². The zero-order valence-corrected chi connectivity index (χ0v) is 22.6. The van der Waals surface area contributed by atoms with Crippen LogP contribution in [0.25, 0.3) is 11.1 Å². The second kappa shape index (κ2) is 12.0. The maximum atomic E-state index is 13.1. The average Bonchev–Trinajstić information content (AvgIpc) is 3.44. The fraction of sp³-hybridized carbons (Fsp3) is 0.484. The SMILES string of the molecule is O=C1C[C@@H]2[C@H](/C=C(/Br)[C@@H](O)CCC3CCCCC3)[C@H](OC(=O)c3ccc(-c4ccccc4)cc3)C[C@@H]2O1. The van der Waals surface area contributed by atoms with Gasteiger partial charge in [-0.25, -0.2) is 4.79 Å². The summed E-state index contributed by atoms with van der Waals surface area (Å²) in [4.78, 5) is 25.1. The van der Waals surface area contributed by atoms with Crippen molar-refractivity contribution >= 4 is 27.9 Å². The smallest absolute Gasteiger partial charge is 0.338 e. The van der Waals surface area contributed by atoms with Crippen LogP contribution in [0.2, 0.25) is 0 Å². The van der Waals surface area contributed by atoms with Gasteiger partial charge < -0.3 is 14.6 Å². The van der Waals surface area contributed by atoms with E-state index in [9.17, 15) is 14.7 Å². The molecule has 5 nitrogen and oxygen atoms in total. The largest absolute Gasteiger partial charge is 0.462 e. The molecule has 2 aromatic rings. The molecule has 0 amide bonds. The lowest BCUT2D eigenvalue weighted by Gasteiger charge is -2.24. The van der Waals surface area contributed by atoms with Gasteiger partial charge >= 0.3 is 11.9 Å². The van der Waals surface area contributed by atoms with Gasteiger partial charge in [0.15, 0.2) is 0 Å². The Bertz CT molecular complexity index is 1110. The maximum absolute atomic E-state index is 13.1. The van der Waals surface area contributed by atoms with Crippen molar-refractivity contribution in [3.63, 3.8) is 0 Å². The Balaban J connectivity index is 1.25. The minimum Gasteiger partial charge on any atom is -0.462 e. The highest BCUT2D eigenvalue weighted by Crippen LogP contribution is 2.45. The van der Waals surface area contributed by atoms with E-state index < -0.39 is 12.2 Å². The van der Waals surface area contributed by atoms with Crippen molar-refractivity contribution in [3.05, 3.63) is 70.7 Å².